The van der Waals surface area contributed by atoms with Gasteiger partial charge >= 0.3 is 6.09 Å². The molecule has 1 aliphatic carbocycles. The van der Waals surface area contributed by atoms with Crippen LogP contribution in [-0.4, -0.2) is 58.7 Å². The van der Waals surface area contributed by atoms with E-state index in [4.69, 9.17) is 26.7 Å². The van der Waals surface area contributed by atoms with Crippen molar-refractivity contribution in [1.29, 1.82) is 0 Å². The third kappa shape index (κ3) is 5.92. The molecule has 5 atom stereocenters. The van der Waals surface area contributed by atoms with E-state index in [1.54, 1.807) is 56.0 Å². The van der Waals surface area contributed by atoms with E-state index in [1.807, 2.05) is 0 Å². The number of hydrogen-bond donors (Lipinski definition) is 4. The molecule has 3 aliphatic rings. The van der Waals surface area contributed by atoms with Gasteiger partial charge in [-0.05, 0) is 62.9 Å². The summed E-state index contributed by atoms with van der Waals surface area (Å²) in [5.74, 6) is -4.03. The normalized spacial score (nSPS) is 25.3. The van der Waals surface area contributed by atoms with Gasteiger partial charge in [-0.2, -0.15) is 0 Å². The Morgan fingerprint density at radius 2 is 1.74 bits per heavy atom. The number of anilines is 1. The first kappa shape index (κ1) is 32.7. The fourth-order valence-electron chi connectivity index (χ4n) is 6.66. The average Bonchev–Trinajstić information content (AvgIpc) is 3.41. The Morgan fingerprint density at radius 1 is 1.06 bits per heavy atom. The minimum absolute atomic E-state index is 0.119. The minimum Gasteiger partial charge on any atom is -0.457 e. The van der Waals surface area contributed by atoms with Crippen molar-refractivity contribution >= 4 is 35.2 Å². The highest BCUT2D eigenvalue weighted by Gasteiger charge is 2.58. The zero-order valence-corrected chi connectivity index (χ0v) is 27.0. The molecule has 3 aromatic rings. The number of rotatable bonds is 5. The van der Waals surface area contributed by atoms with Crippen molar-refractivity contribution in [2.75, 3.05) is 18.8 Å². The highest BCUT2D eigenvalue weighted by atomic mass is 32.2. The largest absolute Gasteiger partial charge is 0.457 e. The summed E-state index contributed by atoms with van der Waals surface area (Å²) in [6, 6.07) is 11.6. The third-order valence-corrected chi connectivity index (χ3v) is 10.2. The number of nitrogens with two attached hydrogens (primary N) is 3. The van der Waals surface area contributed by atoms with E-state index in [1.165, 1.54) is 12.1 Å². The molecule has 7 N–H and O–H groups in total. The van der Waals surface area contributed by atoms with Gasteiger partial charge in [-0.15, -0.1) is 11.8 Å². The van der Waals surface area contributed by atoms with Crippen LogP contribution in [0.2, 0.25) is 0 Å². The number of likely N-dealkylation sites (tertiary alicyclic amines) is 1. The molecule has 4 unspecified atom stereocenters. The Hall–Kier alpha value is -4.20. The maximum Gasteiger partial charge on any atom is 0.410 e. The lowest BCUT2D eigenvalue weighted by atomic mass is 9.65. The van der Waals surface area contributed by atoms with Crippen molar-refractivity contribution in [3.05, 3.63) is 82.9 Å². The van der Waals surface area contributed by atoms with Gasteiger partial charge in [0, 0.05) is 47.8 Å². The smallest absolute Gasteiger partial charge is 0.410 e. The van der Waals surface area contributed by atoms with Crippen molar-refractivity contribution < 1.29 is 32.6 Å². The van der Waals surface area contributed by atoms with Crippen LogP contribution in [0.5, 0.6) is 11.5 Å². The number of carbonyl (C=O) groups is 3. The van der Waals surface area contributed by atoms with Crippen molar-refractivity contribution in [2.24, 2.45) is 11.5 Å². The van der Waals surface area contributed by atoms with Gasteiger partial charge in [0.15, 0.2) is 5.78 Å². The summed E-state index contributed by atoms with van der Waals surface area (Å²) in [4.78, 5) is 42.7. The summed E-state index contributed by atoms with van der Waals surface area (Å²) in [6.45, 7) is 6.10. The number of Topliss-reactive ketones (excluding diaryl/α,β-unsaturated/α-hetero) is 1. The van der Waals surface area contributed by atoms with Gasteiger partial charge in [-0.25, -0.2) is 13.6 Å². The van der Waals surface area contributed by atoms with Gasteiger partial charge < -0.3 is 36.9 Å². The van der Waals surface area contributed by atoms with Gasteiger partial charge in [0.25, 0.3) is 0 Å². The molecule has 0 radical (unpaired) electrons. The van der Waals surface area contributed by atoms with Crippen LogP contribution in [0.1, 0.15) is 56.2 Å². The lowest BCUT2D eigenvalue weighted by Crippen LogP contribution is -2.61. The minimum atomic E-state index is -2.31. The monoisotopic (exact) mass is 665 g/mol. The van der Waals surface area contributed by atoms with Crippen LogP contribution in [0.15, 0.2) is 59.5 Å². The first-order valence-corrected chi connectivity index (χ1v) is 16.3. The molecule has 47 heavy (non-hydrogen) atoms. The number of nitrogens with zero attached hydrogens (tertiary/aromatic N) is 1. The summed E-state index contributed by atoms with van der Waals surface area (Å²) in [5, 5.41) is 2.14. The molecule has 0 spiro atoms. The number of hydrogen-bond acceptors (Lipinski definition) is 9. The topological polar surface area (TPSA) is 163 Å². The molecule has 6 rings (SSSR count). The molecule has 1 saturated heterocycles. The van der Waals surface area contributed by atoms with Crippen molar-refractivity contribution in [2.45, 2.75) is 72.9 Å². The first-order chi connectivity index (χ1) is 22.2. The third-order valence-electron chi connectivity index (χ3n) is 8.70. The van der Waals surface area contributed by atoms with E-state index >= 15 is 8.78 Å². The predicted octanol–water partition coefficient (Wildman–Crippen LogP) is 4.53. The van der Waals surface area contributed by atoms with Crippen LogP contribution in [-0.2, 0) is 19.9 Å². The standard InChI is InChI=1S/C34H37F2N5O5S/c1-33(2,3)46-32(44)41-13-7-8-17(16-41)40-31(43)29-25-24-20(11-12-23(37)28(24)47-29)34(39,30(42)27(25)38)26-21(35)14-19(15-22(26)36)45-18-9-5-4-6-10-18/h4-6,9-12,14-15,17,25,27,29H,7-8,13,16,37-39H2,1-3H3,(H,40,43)/t17-,25?,27?,29?,34?/m1/s1. The van der Waals surface area contributed by atoms with Crippen LogP contribution in [0.3, 0.4) is 0 Å². The number of para-hydroxylation sites is 1. The van der Waals surface area contributed by atoms with E-state index < -0.39 is 63.3 Å². The molecule has 0 saturated carbocycles. The summed E-state index contributed by atoms with van der Waals surface area (Å²) in [5.41, 5.74) is 16.9. The molecule has 2 amide bonds. The SMILES string of the molecule is CC(C)(C)OC(=O)N1CCC[C@@H](NC(=O)C2Sc3c(N)ccc4c3C2C(N)C(=O)C4(N)c2c(F)cc(Oc3ccccc3)cc2F)C1. The van der Waals surface area contributed by atoms with Gasteiger partial charge in [-0.1, -0.05) is 24.3 Å². The van der Waals surface area contributed by atoms with Crippen molar-refractivity contribution in [1.82, 2.24) is 10.2 Å². The Balaban J connectivity index is 1.30. The van der Waals surface area contributed by atoms with Gasteiger partial charge in [-0.3, -0.25) is 9.59 Å². The molecule has 2 aliphatic heterocycles. The van der Waals surface area contributed by atoms with E-state index in [2.05, 4.69) is 5.32 Å². The highest BCUT2D eigenvalue weighted by molar-refractivity contribution is 8.01. The molecular weight excluding hydrogens is 628 g/mol. The highest BCUT2D eigenvalue weighted by Crippen LogP contribution is 2.56. The Morgan fingerprint density at radius 3 is 2.40 bits per heavy atom. The van der Waals surface area contributed by atoms with Crippen LogP contribution in [0, 0.1) is 11.6 Å². The summed E-state index contributed by atoms with van der Waals surface area (Å²) in [6.07, 6.45) is 0.824. The predicted molar refractivity (Wildman–Crippen MR) is 173 cm³/mol. The van der Waals surface area contributed by atoms with Gasteiger partial charge in [0.05, 0.1) is 16.9 Å². The number of amides is 2. The zero-order chi connectivity index (χ0) is 33.8. The maximum absolute atomic E-state index is 15.9. The van der Waals surface area contributed by atoms with Gasteiger partial charge in [0.2, 0.25) is 5.91 Å². The maximum atomic E-state index is 15.9. The number of piperidine rings is 1. The molecule has 2 heterocycles. The fraction of sp³-hybridized carbons (Fsp3) is 0.382. The Labute approximate surface area is 275 Å². The molecule has 10 nitrogen and oxygen atoms in total. The number of nitrogens with one attached hydrogen (secondary N) is 1. The lowest BCUT2D eigenvalue weighted by molar-refractivity contribution is -0.126. The second-order valence-electron chi connectivity index (χ2n) is 13.2. The number of halogens is 2. The first-order valence-electron chi connectivity index (χ1n) is 15.4. The number of ether oxygens (including phenoxy) is 2. The Bertz CT molecular complexity index is 1730. The van der Waals surface area contributed by atoms with Crippen LogP contribution < -0.4 is 27.3 Å². The number of nitrogen functional groups attached to an aromatic ring is 1. The Kier molecular flexibility index (Phi) is 8.43. The molecule has 0 aromatic heterocycles. The van der Waals surface area contributed by atoms with Gasteiger partial charge in [0.1, 0.15) is 34.3 Å². The molecule has 0 bridgehead atoms. The van der Waals surface area contributed by atoms with Crippen molar-refractivity contribution in [3.8, 4) is 11.5 Å². The molecular formula is C34H37F2N5O5S. The van der Waals surface area contributed by atoms with E-state index in [9.17, 15) is 14.4 Å². The summed E-state index contributed by atoms with van der Waals surface area (Å²) in [7, 11) is 0. The quantitative estimate of drug-likeness (QED) is 0.287. The van der Waals surface area contributed by atoms with E-state index in [-0.39, 0.29) is 23.9 Å². The second kappa shape index (κ2) is 12.1. The fourth-order valence-corrected chi connectivity index (χ4v) is 8.11. The lowest BCUT2D eigenvalue weighted by Gasteiger charge is -2.41. The zero-order valence-electron chi connectivity index (χ0n) is 26.2. The molecule has 1 fully saturated rings. The number of thioether (sulfide) groups is 1. The van der Waals surface area contributed by atoms with E-state index in [0.29, 0.717) is 41.3 Å². The van der Waals surface area contributed by atoms with Crippen LogP contribution in [0.4, 0.5) is 19.3 Å². The molecule has 248 valence electrons. The average molecular weight is 666 g/mol. The van der Waals surface area contributed by atoms with E-state index in [0.717, 1.165) is 23.9 Å². The second-order valence-corrected chi connectivity index (χ2v) is 14.3. The number of benzene rings is 3. The van der Waals surface area contributed by atoms with Crippen LogP contribution >= 0.6 is 11.8 Å². The number of carbonyl (C=O) groups excluding carboxylic acids is 3. The molecule has 3 aromatic carbocycles. The summed E-state index contributed by atoms with van der Waals surface area (Å²) < 4.78 is 42.8. The van der Waals surface area contributed by atoms with Crippen LogP contribution in [0.25, 0.3) is 0 Å². The number of ketones is 1. The van der Waals surface area contributed by atoms with Crippen molar-refractivity contribution in [3.63, 3.8) is 0 Å². The molecule has 13 heteroatoms. The summed E-state index contributed by atoms with van der Waals surface area (Å²) >= 11 is 1.14.